The van der Waals surface area contributed by atoms with Crippen molar-refractivity contribution < 1.29 is 8.83 Å². The summed E-state index contributed by atoms with van der Waals surface area (Å²) >= 11 is 0. The van der Waals surface area contributed by atoms with Crippen LogP contribution in [0.15, 0.2) is 173 Å². The average Bonchev–Trinajstić information content (AvgIpc) is 3.82. The highest BCUT2D eigenvalue weighted by Crippen LogP contribution is 2.46. The number of nitrogens with zero attached hydrogens (tertiary/aromatic N) is 1. The largest absolute Gasteiger partial charge is 0.456 e. The monoisotopic (exact) mass is 747 g/mol. The van der Waals surface area contributed by atoms with E-state index in [1.807, 2.05) is 12.1 Å². The Balaban J connectivity index is 1.13. The molecule has 3 nitrogen and oxygen atoms in total. The molecule has 2 aromatic heterocycles. The molecule has 11 rings (SSSR count). The van der Waals surface area contributed by atoms with E-state index in [0.717, 1.165) is 43.9 Å². The van der Waals surface area contributed by atoms with Crippen LogP contribution < -0.4 is 10.3 Å². The fraction of sp³-hybridized carbons (Fsp3) is 0.111. The zero-order valence-electron chi connectivity index (χ0n) is 33.4. The Morgan fingerprint density at radius 2 is 0.966 bits per heavy atom. The third-order valence-electron chi connectivity index (χ3n) is 12.4. The molecule has 0 saturated carbocycles. The molecule has 0 fully saturated rings. The van der Waals surface area contributed by atoms with Crippen LogP contribution in [0.5, 0.6) is 0 Å². The highest BCUT2D eigenvalue weighted by atomic mass is 16.3. The first-order valence-corrected chi connectivity index (χ1v) is 20.3. The van der Waals surface area contributed by atoms with E-state index in [9.17, 15) is 0 Å². The van der Waals surface area contributed by atoms with Gasteiger partial charge in [-0.15, -0.1) is 0 Å². The van der Waals surface area contributed by atoms with E-state index in [1.54, 1.807) is 0 Å². The van der Waals surface area contributed by atoms with Crippen molar-refractivity contribution in [3.8, 4) is 44.5 Å². The summed E-state index contributed by atoms with van der Waals surface area (Å²) in [7, 11) is 0. The molecule has 0 radical (unpaired) electrons. The zero-order chi connectivity index (χ0) is 39.3. The van der Waals surface area contributed by atoms with Crippen molar-refractivity contribution in [1.29, 1.82) is 0 Å². The van der Waals surface area contributed by atoms with Gasteiger partial charge >= 0.3 is 0 Å². The molecule has 3 heterocycles. The normalized spacial score (nSPS) is 12.8. The molecule has 0 aliphatic carbocycles. The molecule has 0 unspecified atom stereocenters. The molecule has 0 bridgehead atoms. The molecule has 278 valence electrons. The lowest BCUT2D eigenvalue weighted by Crippen LogP contribution is -2.48. The second-order valence-electron chi connectivity index (χ2n) is 16.9. The van der Waals surface area contributed by atoms with Crippen LogP contribution in [0.25, 0.3) is 88.4 Å². The lowest BCUT2D eigenvalue weighted by Gasteiger charge is -2.39. The van der Waals surface area contributed by atoms with E-state index in [4.69, 9.17) is 8.83 Å². The van der Waals surface area contributed by atoms with Crippen LogP contribution in [0.4, 0.5) is 11.4 Å². The fourth-order valence-electron chi connectivity index (χ4n) is 9.55. The SMILES string of the molecule is CB1c2c(-c3cc(-c4cccc5oc6ccccc6c45)ccc3C)cccc2-c2cc(-c3cccc4oc5ccccc5c34)ccc2N1c1ccc(C(C)(C)C)cc1. The Labute approximate surface area is 339 Å². The summed E-state index contributed by atoms with van der Waals surface area (Å²) < 4.78 is 12.7. The van der Waals surface area contributed by atoms with E-state index in [-0.39, 0.29) is 12.3 Å². The first kappa shape index (κ1) is 34.5. The molecule has 8 aromatic carbocycles. The molecule has 4 heteroatoms. The van der Waals surface area contributed by atoms with E-state index >= 15 is 0 Å². The highest BCUT2D eigenvalue weighted by Gasteiger charge is 2.35. The third kappa shape index (κ3) is 5.28. The van der Waals surface area contributed by atoms with Crippen LogP contribution in [0.3, 0.4) is 0 Å². The molecule has 58 heavy (non-hydrogen) atoms. The smallest absolute Gasteiger partial charge is 0.291 e. The Kier molecular flexibility index (Phi) is 7.65. The Hall–Kier alpha value is -6.78. The van der Waals surface area contributed by atoms with Crippen LogP contribution >= 0.6 is 0 Å². The first-order chi connectivity index (χ1) is 28.2. The predicted octanol–water partition coefficient (Wildman–Crippen LogP) is 14.7. The summed E-state index contributed by atoms with van der Waals surface area (Å²) in [5.74, 6) is 0. The standard InChI is InChI=1S/C54H42BNO2/c1-33-23-24-34(38-15-11-21-49-51(38)42-13-6-8-19-47(42)57-49)31-44(33)40-17-10-18-41-45-32-35(39-16-12-22-50-52(39)43-14-7-9-20-48(43)58-50)25-30-46(45)56(55(5)53(40)41)37-28-26-36(27-29-37)54(2,3)4/h6-32H,1-5H3. The Morgan fingerprint density at radius 3 is 1.57 bits per heavy atom. The van der Waals surface area contributed by atoms with Crippen molar-refractivity contribution in [2.45, 2.75) is 39.9 Å². The summed E-state index contributed by atoms with van der Waals surface area (Å²) in [6, 6.07) is 59.6. The molecular weight excluding hydrogens is 705 g/mol. The third-order valence-corrected chi connectivity index (χ3v) is 12.4. The maximum absolute atomic E-state index is 6.35. The number of para-hydroxylation sites is 2. The van der Waals surface area contributed by atoms with E-state index in [0.29, 0.717) is 0 Å². The molecular formula is C54H42BNO2. The van der Waals surface area contributed by atoms with Crippen LogP contribution in [0.1, 0.15) is 31.9 Å². The Bertz CT molecular complexity index is 3250. The molecule has 1 aliphatic rings. The quantitative estimate of drug-likeness (QED) is 0.168. The van der Waals surface area contributed by atoms with E-state index in [1.165, 1.54) is 72.5 Å². The van der Waals surface area contributed by atoms with Crippen LogP contribution in [0.2, 0.25) is 6.82 Å². The van der Waals surface area contributed by atoms with Crippen molar-refractivity contribution in [1.82, 2.24) is 0 Å². The van der Waals surface area contributed by atoms with E-state index in [2.05, 4.69) is 191 Å². The van der Waals surface area contributed by atoms with Crippen molar-refractivity contribution in [2.24, 2.45) is 0 Å². The summed E-state index contributed by atoms with van der Waals surface area (Å²) in [4.78, 5) is 2.54. The van der Waals surface area contributed by atoms with Gasteiger partial charge in [-0.1, -0.05) is 137 Å². The van der Waals surface area contributed by atoms with Gasteiger partial charge in [0.1, 0.15) is 22.3 Å². The second-order valence-corrected chi connectivity index (χ2v) is 16.9. The topological polar surface area (TPSA) is 29.5 Å². The van der Waals surface area contributed by atoms with Gasteiger partial charge in [-0.3, -0.25) is 0 Å². The highest BCUT2D eigenvalue weighted by molar-refractivity contribution is 6.80. The van der Waals surface area contributed by atoms with Gasteiger partial charge in [0, 0.05) is 38.5 Å². The number of rotatable bonds is 4. The second kappa shape index (κ2) is 12.9. The van der Waals surface area contributed by atoms with Gasteiger partial charge in [0.05, 0.1) is 0 Å². The molecule has 10 aromatic rings. The molecule has 0 saturated heterocycles. The van der Waals surface area contributed by atoms with E-state index < -0.39 is 0 Å². The number of benzene rings is 8. The van der Waals surface area contributed by atoms with Crippen molar-refractivity contribution in [3.05, 3.63) is 175 Å². The molecule has 0 amide bonds. The zero-order valence-corrected chi connectivity index (χ0v) is 33.4. The molecule has 0 atom stereocenters. The van der Waals surface area contributed by atoms with Gasteiger partial charge in [0.25, 0.3) is 6.85 Å². The van der Waals surface area contributed by atoms with Gasteiger partial charge in [-0.25, -0.2) is 0 Å². The summed E-state index contributed by atoms with van der Waals surface area (Å²) in [6.07, 6.45) is 0. The van der Waals surface area contributed by atoms with Crippen molar-refractivity contribution in [2.75, 3.05) is 4.81 Å². The van der Waals surface area contributed by atoms with Gasteiger partial charge in [0.15, 0.2) is 0 Å². The summed E-state index contributed by atoms with van der Waals surface area (Å²) in [6.45, 7) is 11.5. The number of hydrogen-bond acceptors (Lipinski definition) is 3. The maximum atomic E-state index is 6.35. The average molecular weight is 748 g/mol. The van der Waals surface area contributed by atoms with Gasteiger partial charge in [-0.05, 0) is 122 Å². The van der Waals surface area contributed by atoms with Crippen molar-refractivity contribution in [3.63, 3.8) is 0 Å². The molecule has 1 aliphatic heterocycles. The number of anilines is 2. The Morgan fingerprint density at radius 1 is 0.466 bits per heavy atom. The van der Waals surface area contributed by atoms with Crippen LogP contribution in [-0.2, 0) is 5.41 Å². The number of furan rings is 2. The first-order valence-electron chi connectivity index (χ1n) is 20.3. The van der Waals surface area contributed by atoms with Gasteiger partial charge in [0.2, 0.25) is 0 Å². The minimum Gasteiger partial charge on any atom is -0.456 e. The lowest BCUT2D eigenvalue weighted by atomic mass is 9.50. The minimum atomic E-state index is 0.0515. The molecule has 0 N–H and O–H groups in total. The molecule has 0 spiro atoms. The number of aryl methyl sites for hydroxylation is 1. The number of fused-ring (bicyclic) bond motifs is 9. The summed E-state index contributed by atoms with van der Waals surface area (Å²) in [5, 5.41) is 4.58. The van der Waals surface area contributed by atoms with Gasteiger partial charge in [-0.2, -0.15) is 0 Å². The fourth-order valence-corrected chi connectivity index (χ4v) is 9.55. The van der Waals surface area contributed by atoms with Crippen LogP contribution in [-0.4, -0.2) is 6.85 Å². The minimum absolute atomic E-state index is 0.0515. The maximum Gasteiger partial charge on any atom is 0.291 e. The predicted molar refractivity (Wildman–Crippen MR) is 246 cm³/mol. The number of hydrogen-bond donors (Lipinski definition) is 0. The lowest BCUT2D eigenvalue weighted by molar-refractivity contribution is 0.590. The van der Waals surface area contributed by atoms with Gasteiger partial charge < -0.3 is 13.6 Å². The van der Waals surface area contributed by atoms with Crippen molar-refractivity contribution >= 4 is 67.6 Å². The summed E-state index contributed by atoms with van der Waals surface area (Å²) in [5.41, 5.74) is 19.7. The van der Waals surface area contributed by atoms with Crippen LogP contribution in [0, 0.1) is 6.92 Å².